The van der Waals surface area contributed by atoms with Gasteiger partial charge in [0.1, 0.15) is 5.82 Å². The van der Waals surface area contributed by atoms with Crippen molar-refractivity contribution in [1.82, 2.24) is 9.78 Å². The Balaban J connectivity index is 2.71. The van der Waals surface area contributed by atoms with Gasteiger partial charge in [-0.2, -0.15) is 5.10 Å². The van der Waals surface area contributed by atoms with Gasteiger partial charge in [-0.3, -0.25) is 0 Å². The van der Waals surface area contributed by atoms with E-state index in [0.29, 0.717) is 5.69 Å². The van der Waals surface area contributed by atoms with Crippen molar-refractivity contribution in [1.29, 1.82) is 0 Å². The van der Waals surface area contributed by atoms with Crippen molar-refractivity contribution in [2.75, 3.05) is 0 Å². The molecule has 18 heavy (non-hydrogen) atoms. The van der Waals surface area contributed by atoms with Gasteiger partial charge in [0.05, 0.1) is 17.5 Å². The summed E-state index contributed by atoms with van der Waals surface area (Å²) in [6.07, 6.45) is -0.870. The van der Waals surface area contributed by atoms with Gasteiger partial charge in [-0.1, -0.05) is 6.07 Å². The van der Waals surface area contributed by atoms with Crippen LogP contribution in [0.5, 0.6) is 0 Å². The summed E-state index contributed by atoms with van der Waals surface area (Å²) >= 11 is 0. The summed E-state index contributed by atoms with van der Waals surface area (Å²) in [5, 5.41) is 14.1. The molecule has 2 rings (SSSR count). The fraction of sp³-hybridized carbons (Fsp3) is 0.357. The topological polar surface area (TPSA) is 38.0 Å². The molecule has 96 valence electrons. The van der Waals surface area contributed by atoms with E-state index >= 15 is 0 Å². The average Bonchev–Trinajstić information content (AvgIpc) is 2.56. The van der Waals surface area contributed by atoms with Crippen molar-refractivity contribution in [3.63, 3.8) is 0 Å². The van der Waals surface area contributed by atoms with Crippen molar-refractivity contribution in [3.05, 3.63) is 46.5 Å². The van der Waals surface area contributed by atoms with Gasteiger partial charge in [0.2, 0.25) is 0 Å². The molecule has 0 radical (unpaired) electrons. The van der Waals surface area contributed by atoms with Gasteiger partial charge < -0.3 is 5.11 Å². The third-order valence-corrected chi connectivity index (χ3v) is 3.33. The number of nitrogens with zero attached hydrogens (tertiary/aromatic N) is 2. The van der Waals surface area contributed by atoms with E-state index in [2.05, 4.69) is 5.10 Å². The molecule has 2 aromatic rings. The SMILES string of the molecule is Cc1nn(-c2cccc(F)c2C(C)O)c(C)c1C. The summed E-state index contributed by atoms with van der Waals surface area (Å²) in [5.41, 5.74) is 3.82. The Labute approximate surface area is 106 Å². The second kappa shape index (κ2) is 4.53. The van der Waals surface area contributed by atoms with E-state index in [4.69, 9.17) is 0 Å². The maximum atomic E-state index is 13.8. The standard InChI is InChI=1S/C14H17FN2O/c1-8-9(2)16-17(10(8)3)13-7-5-6-12(15)14(13)11(4)18/h5-7,11,18H,1-4H3. The van der Waals surface area contributed by atoms with Crippen molar-refractivity contribution >= 4 is 0 Å². The maximum absolute atomic E-state index is 13.8. The molecule has 1 atom stereocenters. The highest BCUT2D eigenvalue weighted by atomic mass is 19.1. The fourth-order valence-electron chi connectivity index (χ4n) is 2.08. The predicted octanol–water partition coefficient (Wildman–Crippen LogP) is 2.99. The molecule has 0 saturated heterocycles. The van der Waals surface area contributed by atoms with Gasteiger partial charge in [-0.05, 0) is 45.4 Å². The van der Waals surface area contributed by atoms with Gasteiger partial charge in [0.15, 0.2) is 0 Å². The number of aryl methyl sites for hydroxylation is 1. The molecule has 0 saturated carbocycles. The summed E-state index contributed by atoms with van der Waals surface area (Å²) in [7, 11) is 0. The summed E-state index contributed by atoms with van der Waals surface area (Å²) in [6.45, 7) is 7.39. The van der Waals surface area contributed by atoms with Crippen LogP contribution in [0, 0.1) is 26.6 Å². The Hall–Kier alpha value is -1.68. The Morgan fingerprint density at radius 2 is 1.94 bits per heavy atom. The third-order valence-electron chi connectivity index (χ3n) is 3.33. The minimum Gasteiger partial charge on any atom is -0.389 e. The lowest BCUT2D eigenvalue weighted by Crippen LogP contribution is -2.08. The average molecular weight is 248 g/mol. The summed E-state index contributed by atoms with van der Waals surface area (Å²) < 4.78 is 15.5. The minimum absolute atomic E-state index is 0.281. The van der Waals surface area contributed by atoms with Crippen LogP contribution in [0.3, 0.4) is 0 Å². The van der Waals surface area contributed by atoms with E-state index < -0.39 is 11.9 Å². The smallest absolute Gasteiger partial charge is 0.131 e. The number of benzene rings is 1. The largest absolute Gasteiger partial charge is 0.389 e. The molecular formula is C14H17FN2O. The number of aliphatic hydroxyl groups is 1. The van der Waals surface area contributed by atoms with E-state index in [9.17, 15) is 9.50 Å². The number of aliphatic hydroxyl groups excluding tert-OH is 1. The summed E-state index contributed by atoms with van der Waals surface area (Å²) in [5.74, 6) is -0.410. The van der Waals surface area contributed by atoms with Crippen LogP contribution in [0.4, 0.5) is 4.39 Å². The zero-order valence-electron chi connectivity index (χ0n) is 11.0. The van der Waals surface area contributed by atoms with Crippen molar-refractivity contribution in [2.24, 2.45) is 0 Å². The molecule has 0 spiro atoms. The van der Waals surface area contributed by atoms with E-state index in [1.807, 2.05) is 20.8 Å². The third kappa shape index (κ3) is 1.93. The molecule has 0 aliphatic heterocycles. The molecule has 0 aliphatic rings. The van der Waals surface area contributed by atoms with Crippen LogP contribution in [0.1, 0.15) is 35.5 Å². The number of hydrogen-bond donors (Lipinski definition) is 1. The minimum atomic E-state index is -0.870. The molecule has 4 heteroatoms. The van der Waals surface area contributed by atoms with Crippen LogP contribution in [-0.4, -0.2) is 14.9 Å². The molecule has 1 heterocycles. The molecule has 1 aromatic carbocycles. The lowest BCUT2D eigenvalue weighted by Gasteiger charge is -2.14. The van der Waals surface area contributed by atoms with Gasteiger partial charge in [0, 0.05) is 11.3 Å². The highest BCUT2D eigenvalue weighted by molar-refractivity contribution is 5.45. The fourth-order valence-corrected chi connectivity index (χ4v) is 2.08. The molecule has 0 aliphatic carbocycles. The normalized spacial score (nSPS) is 12.8. The molecule has 3 nitrogen and oxygen atoms in total. The first-order valence-electron chi connectivity index (χ1n) is 5.93. The Morgan fingerprint density at radius 3 is 2.44 bits per heavy atom. The first kappa shape index (κ1) is 12.8. The molecule has 1 N–H and O–H groups in total. The van der Waals surface area contributed by atoms with Crippen LogP contribution in [-0.2, 0) is 0 Å². The Bertz CT molecular complexity index is 588. The zero-order valence-corrected chi connectivity index (χ0v) is 11.0. The molecule has 0 fully saturated rings. The number of halogens is 1. The van der Waals surface area contributed by atoms with E-state index in [-0.39, 0.29) is 5.56 Å². The van der Waals surface area contributed by atoms with Gasteiger partial charge in [-0.25, -0.2) is 9.07 Å². The van der Waals surface area contributed by atoms with Crippen LogP contribution in [0.15, 0.2) is 18.2 Å². The van der Waals surface area contributed by atoms with E-state index in [1.165, 1.54) is 6.07 Å². The lowest BCUT2D eigenvalue weighted by atomic mass is 10.1. The number of rotatable bonds is 2. The van der Waals surface area contributed by atoms with Crippen molar-refractivity contribution in [2.45, 2.75) is 33.8 Å². The lowest BCUT2D eigenvalue weighted by molar-refractivity contribution is 0.193. The molecule has 0 amide bonds. The quantitative estimate of drug-likeness (QED) is 0.887. The Kier molecular flexibility index (Phi) is 3.22. The zero-order chi connectivity index (χ0) is 13.4. The number of hydrogen-bond acceptors (Lipinski definition) is 2. The number of aromatic nitrogens is 2. The highest BCUT2D eigenvalue weighted by Gasteiger charge is 2.18. The van der Waals surface area contributed by atoms with Crippen LogP contribution in [0.2, 0.25) is 0 Å². The summed E-state index contributed by atoms with van der Waals surface area (Å²) in [4.78, 5) is 0. The van der Waals surface area contributed by atoms with E-state index in [0.717, 1.165) is 17.0 Å². The molecule has 1 unspecified atom stereocenters. The predicted molar refractivity (Wildman–Crippen MR) is 68.4 cm³/mol. The van der Waals surface area contributed by atoms with Crippen LogP contribution < -0.4 is 0 Å². The van der Waals surface area contributed by atoms with E-state index in [1.54, 1.807) is 23.7 Å². The Morgan fingerprint density at radius 1 is 1.28 bits per heavy atom. The first-order valence-corrected chi connectivity index (χ1v) is 5.93. The molecule has 1 aromatic heterocycles. The second-order valence-corrected chi connectivity index (χ2v) is 4.56. The molecule has 0 bridgehead atoms. The van der Waals surface area contributed by atoms with Crippen LogP contribution >= 0.6 is 0 Å². The van der Waals surface area contributed by atoms with Gasteiger partial charge in [0.25, 0.3) is 0 Å². The first-order chi connectivity index (χ1) is 8.43. The summed E-state index contributed by atoms with van der Waals surface area (Å²) in [6, 6.07) is 4.75. The second-order valence-electron chi connectivity index (χ2n) is 4.56. The molecular weight excluding hydrogens is 231 g/mol. The van der Waals surface area contributed by atoms with Gasteiger partial charge >= 0.3 is 0 Å². The maximum Gasteiger partial charge on any atom is 0.131 e. The monoisotopic (exact) mass is 248 g/mol. The van der Waals surface area contributed by atoms with Crippen LogP contribution in [0.25, 0.3) is 5.69 Å². The van der Waals surface area contributed by atoms with Crippen molar-refractivity contribution < 1.29 is 9.50 Å². The highest BCUT2D eigenvalue weighted by Crippen LogP contribution is 2.26. The van der Waals surface area contributed by atoms with Gasteiger partial charge in [-0.15, -0.1) is 0 Å². The van der Waals surface area contributed by atoms with Crippen molar-refractivity contribution in [3.8, 4) is 5.69 Å².